The lowest BCUT2D eigenvalue weighted by Gasteiger charge is -2.24. The zero-order chi connectivity index (χ0) is 14.6. The monoisotopic (exact) mass is 270 g/mol. The van der Waals surface area contributed by atoms with Crippen LogP contribution in [0, 0.1) is 0 Å². The van der Waals surface area contributed by atoms with Crippen LogP contribution in [0.4, 0.5) is 0 Å². The maximum atomic E-state index is 12.2. The molecule has 2 aromatic carbocycles. The number of nitrogens with one attached hydrogen (secondary N) is 2. The second kappa shape index (κ2) is 6.06. The van der Waals surface area contributed by atoms with Crippen molar-refractivity contribution in [3.63, 3.8) is 0 Å². The van der Waals surface area contributed by atoms with Crippen molar-refractivity contribution in [1.82, 2.24) is 10.6 Å². The first-order valence-corrected chi connectivity index (χ1v) is 7.04. The van der Waals surface area contributed by atoms with Crippen molar-refractivity contribution in [3.8, 4) is 0 Å². The first kappa shape index (κ1) is 14.5. The first-order valence-electron chi connectivity index (χ1n) is 7.04. The summed E-state index contributed by atoms with van der Waals surface area (Å²) in [5.41, 5.74) is 0.600. The zero-order valence-corrected chi connectivity index (χ0v) is 12.4. The van der Waals surface area contributed by atoms with Crippen molar-refractivity contribution < 1.29 is 4.79 Å². The van der Waals surface area contributed by atoms with Crippen molar-refractivity contribution in [3.05, 3.63) is 48.0 Å². The molecule has 0 fully saturated rings. The molecule has 1 amide bonds. The fourth-order valence-electron chi connectivity index (χ4n) is 2.37. The minimum absolute atomic E-state index is 0.0206. The van der Waals surface area contributed by atoms with Crippen LogP contribution in [0.1, 0.15) is 26.3 Å². The van der Waals surface area contributed by atoms with E-state index in [4.69, 9.17) is 0 Å². The Morgan fingerprint density at radius 3 is 2.55 bits per heavy atom. The van der Waals surface area contributed by atoms with Gasteiger partial charge in [-0.3, -0.25) is 4.79 Å². The Labute approximate surface area is 120 Å². The minimum Gasteiger partial charge on any atom is -0.350 e. The zero-order valence-electron chi connectivity index (χ0n) is 12.4. The van der Waals surface area contributed by atoms with Gasteiger partial charge in [-0.15, -0.1) is 0 Å². The van der Waals surface area contributed by atoms with E-state index in [1.165, 1.54) is 10.8 Å². The molecule has 0 unspecified atom stereocenters. The predicted molar refractivity (Wildman–Crippen MR) is 83.6 cm³/mol. The highest BCUT2D eigenvalue weighted by atomic mass is 16.2. The van der Waals surface area contributed by atoms with Gasteiger partial charge in [0.05, 0.1) is 5.54 Å². The Balaban J connectivity index is 2.12. The average molecular weight is 270 g/mol. The number of hydrogen-bond acceptors (Lipinski definition) is 2. The van der Waals surface area contributed by atoms with Crippen molar-refractivity contribution in [2.45, 2.75) is 32.9 Å². The van der Waals surface area contributed by atoms with Gasteiger partial charge in [0.1, 0.15) is 0 Å². The third-order valence-electron chi connectivity index (χ3n) is 3.51. The summed E-state index contributed by atoms with van der Waals surface area (Å²) in [5, 5.41) is 8.59. The normalized spacial score (nSPS) is 11.6. The molecule has 0 bridgehead atoms. The summed E-state index contributed by atoms with van der Waals surface area (Å²) in [6.45, 7) is 7.12. The van der Waals surface area contributed by atoms with Crippen molar-refractivity contribution in [2.24, 2.45) is 0 Å². The SMILES string of the molecule is CCNC(C)(C)C(=O)NCc1cccc2ccccc12. The number of fused-ring (bicyclic) bond motifs is 1. The van der Waals surface area contributed by atoms with E-state index in [9.17, 15) is 4.79 Å². The number of carbonyl (C=O) groups excluding carboxylic acids is 1. The summed E-state index contributed by atoms with van der Waals surface area (Å²) in [6.07, 6.45) is 0. The first-order chi connectivity index (χ1) is 9.54. The van der Waals surface area contributed by atoms with E-state index in [0.29, 0.717) is 6.54 Å². The fraction of sp³-hybridized carbons (Fsp3) is 0.353. The van der Waals surface area contributed by atoms with E-state index >= 15 is 0 Å². The summed E-state index contributed by atoms with van der Waals surface area (Å²) >= 11 is 0. The lowest BCUT2D eigenvalue weighted by Crippen LogP contribution is -2.52. The predicted octanol–water partition coefficient (Wildman–Crippen LogP) is 2.84. The highest BCUT2D eigenvalue weighted by molar-refractivity contribution is 5.88. The van der Waals surface area contributed by atoms with E-state index < -0.39 is 5.54 Å². The van der Waals surface area contributed by atoms with Crippen LogP contribution in [0.25, 0.3) is 10.8 Å². The molecule has 0 saturated carbocycles. The lowest BCUT2D eigenvalue weighted by atomic mass is 10.0. The fourth-order valence-corrected chi connectivity index (χ4v) is 2.37. The summed E-state index contributed by atoms with van der Waals surface area (Å²) in [6, 6.07) is 14.4. The van der Waals surface area contributed by atoms with Gasteiger partial charge in [-0.1, -0.05) is 49.4 Å². The molecule has 106 valence electrons. The molecule has 0 aromatic heterocycles. The van der Waals surface area contributed by atoms with E-state index in [0.717, 1.165) is 12.1 Å². The summed E-state index contributed by atoms with van der Waals surface area (Å²) < 4.78 is 0. The minimum atomic E-state index is -0.542. The molecular formula is C17H22N2O. The molecule has 0 aliphatic rings. The molecule has 0 aliphatic carbocycles. The van der Waals surface area contributed by atoms with Crippen molar-refractivity contribution in [2.75, 3.05) is 6.54 Å². The van der Waals surface area contributed by atoms with Gasteiger partial charge in [0.25, 0.3) is 0 Å². The van der Waals surface area contributed by atoms with Gasteiger partial charge >= 0.3 is 0 Å². The van der Waals surface area contributed by atoms with E-state index in [1.54, 1.807) is 0 Å². The van der Waals surface area contributed by atoms with Crippen LogP contribution in [0.5, 0.6) is 0 Å². The lowest BCUT2D eigenvalue weighted by molar-refractivity contribution is -0.126. The van der Waals surface area contributed by atoms with Crippen LogP contribution in [-0.4, -0.2) is 18.0 Å². The van der Waals surface area contributed by atoms with Crippen LogP contribution in [0.15, 0.2) is 42.5 Å². The van der Waals surface area contributed by atoms with Crippen LogP contribution in [-0.2, 0) is 11.3 Å². The number of hydrogen-bond donors (Lipinski definition) is 2. The number of benzene rings is 2. The number of carbonyl (C=O) groups is 1. The van der Waals surface area contributed by atoms with Crippen LogP contribution in [0.3, 0.4) is 0 Å². The van der Waals surface area contributed by atoms with Gasteiger partial charge in [0.15, 0.2) is 0 Å². The Bertz CT molecular complexity index is 599. The third kappa shape index (κ3) is 3.17. The second-order valence-corrected chi connectivity index (χ2v) is 5.48. The number of likely N-dealkylation sites (N-methyl/N-ethyl adjacent to an activating group) is 1. The molecular weight excluding hydrogens is 248 g/mol. The molecule has 0 aliphatic heterocycles. The maximum absolute atomic E-state index is 12.2. The van der Waals surface area contributed by atoms with E-state index in [-0.39, 0.29) is 5.91 Å². The molecule has 3 nitrogen and oxygen atoms in total. The number of amides is 1. The molecule has 3 heteroatoms. The molecule has 2 rings (SSSR count). The van der Waals surface area contributed by atoms with Crippen LogP contribution < -0.4 is 10.6 Å². The van der Waals surface area contributed by atoms with E-state index in [1.807, 2.05) is 39.0 Å². The molecule has 0 atom stereocenters. The quantitative estimate of drug-likeness (QED) is 0.877. The van der Waals surface area contributed by atoms with Crippen molar-refractivity contribution >= 4 is 16.7 Å². The van der Waals surface area contributed by atoms with Crippen molar-refractivity contribution in [1.29, 1.82) is 0 Å². The topological polar surface area (TPSA) is 41.1 Å². The Morgan fingerprint density at radius 2 is 1.80 bits per heavy atom. The summed E-state index contributed by atoms with van der Waals surface area (Å²) in [7, 11) is 0. The molecule has 2 aromatic rings. The molecule has 20 heavy (non-hydrogen) atoms. The molecule has 2 N–H and O–H groups in total. The van der Waals surface area contributed by atoms with Gasteiger partial charge in [-0.25, -0.2) is 0 Å². The van der Waals surface area contributed by atoms with Gasteiger partial charge in [0, 0.05) is 6.54 Å². The second-order valence-electron chi connectivity index (χ2n) is 5.48. The van der Waals surface area contributed by atoms with Crippen LogP contribution >= 0.6 is 0 Å². The third-order valence-corrected chi connectivity index (χ3v) is 3.51. The Hall–Kier alpha value is -1.87. The molecule has 0 radical (unpaired) electrons. The molecule has 0 spiro atoms. The standard InChI is InChI=1S/C17H22N2O/c1-4-19-17(2,3)16(20)18-12-14-10-7-9-13-8-5-6-11-15(13)14/h5-11,19H,4,12H2,1-3H3,(H,18,20). The highest BCUT2D eigenvalue weighted by Gasteiger charge is 2.25. The smallest absolute Gasteiger partial charge is 0.239 e. The van der Waals surface area contributed by atoms with Gasteiger partial charge < -0.3 is 10.6 Å². The van der Waals surface area contributed by atoms with Gasteiger partial charge in [-0.05, 0) is 36.7 Å². The van der Waals surface area contributed by atoms with Gasteiger partial charge in [0.2, 0.25) is 5.91 Å². The maximum Gasteiger partial charge on any atom is 0.239 e. The Kier molecular flexibility index (Phi) is 4.40. The summed E-state index contributed by atoms with van der Waals surface area (Å²) in [5.74, 6) is 0.0206. The van der Waals surface area contributed by atoms with Gasteiger partial charge in [-0.2, -0.15) is 0 Å². The largest absolute Gasteiger partial charge is 0.350 e. The molecule has 0 saturated heterocycles. The molecule has 0 heterocycles. The number of rotatable bonds is 5. The summed E-state index contributed by atoms with van der Waals surface area (Å²) in [4.78, 5) is 12.2. The van der Waals surface area contributed by atoms with Crippen LogP contribution in [0.2, 0.25) is 0 Å². The average Bonchev–Trinajstić information content (AvgIpc) is 2.44. The Morgan fingerprint density at radius 1 is 1.10 bits per heavy atom. The van der Waals surface area contributed by atoms with E-state index in [2.05, 4.69) is 34.9 Å². The highest BCUT2D eigenvalue weighted by Crippen LogP contribution is 2.18.